The van der Waals surface area contributed by atoms with Crippen molar-refractivity contribution in [3.8, 4) is 0 Å². The van der Waals surface area contributed by atoms with Crippen molar-refractivity contribution in [3.63, 3.8) is 0 Å². The molecule has 1 saturated heterocycles. The number of nitrogens with zero attached hydrogens (tertiary/aromatic N) is 1. The molecule has 1 heterocycles. The van der Waals surface area contributed by atoms with Gasteiger partial charge in [0.15, 0.2) is 0 Å². The van der Waals surface area contributed by atoms with E-state index >= 15 is 0 Å². The van der Waals surface area contributed by atoms with Crippen molar-refractivity contribution in [2.45, 2.75) is 25.7 Å². The standard InChI is InChI=1S/C17H21ClN2O4/c1-2-3-15(21)19-8-16(22)20-9-13(14(10-20)17(23)24)11-4-6-12(18)7-5-11/h4-7,13-14H,2-3,8-10H2,1H3,(H,19,21)(H,23,24)/t13-,14+/m0/s1. The monoisotopic (exact) mass is 352 g/mol. The van der Waals surface area contributed by atoms with Gasteiger partial charge in [0.1, 0.15) is 0 Å². The molecule has 0 saturated carbocycles. The highest BCUT2D eigenvalue weighted by molar-refractivity contribution is 6.30. The second-order valence-corrected chi connectivity index (χ2v) is 6.36. The number of rotatable bonds is 6. The fourth-order valence-corrected chi connectivity index (χ4v) is 3.03. The maximum Gasteiger partial charge on any atom is 0.308 e. The van der Waals surface area contributed by atoms with Crippen LogP contribution < -0.4 is 5.32 Å². The lowest BCUT2D eigenvalue weighted by molar-refractivity contribution is -0.142. The lowest BCUT2D eigenvalue weighted by Gasteiger charge is -2.17. The van der Waals surface area contributed by atoms with E-state index < -0.39 is 11.9 Å². The first-order chi connectivity index (χ1) is 11.4. The van der Waals surface area contributed by atoms with Gasteiger partial charge in [-0.3, -0.25) is 14.4 Å². The number of amides is 2. The normalized spacial score (nSPS) is 20.0. The Morgan fingerprint density at radius 3 is 2.50 bits per heavy atom. The van der Waals surface area contributed by atoms with Crippen LogP contribution >= 0.6 is 11.6 Å². The minimum absolute atomic E-state index is 0.0987. The van der Waals surface area contributed by atoms with Gasteiger partial charge in [-0.25, -0.2) is 0 Å². The Kier molecular flexibility index (Phi) is 6.20. The molecule has 6 nitrogen and oxygen atoms in total. The van der Waals surface area contributed by atoms with Crippen LogP contribution in [0.25, 0.3) is 0 Å². The molecule has 7 heteroatoms. The predicted octanol–water partition coefficient (Wildman–Crippen LogP) is 1.88. The van der Waals surface area contributed by atoms with Gasteiger partial charge in [0, 0.05) is 30.5 Å². The average Bonchev–Trinajstić information content (AvgIpc) is 2.99. The van der Waals surface area contributed by atoms with E-state index in [1.165, 1.54) is 4.90 Å². The number of carboxylic acids is 1. The third-order valence-electron chi connectivity index (χ3n) is 4.20. The van der Waals surface area contributed by atoms with E-state index in [4.69, 9.17) is 11.6 Å². The molecule has 2 rings (SSSR count). The maximum absolute atomic E-state index is 12.3. The first-order valence-corrected chi connectivity index (χ1v) is 8.33. The van der Waals surface area contributed by atoms with Crippen LogP contribution in [0.15, 0.2) is 24.3 Å². The summed E-state index contributed by atoms with van der Waals surface area (Å²) in [6.07, 6.45) is 1.09. The average molecular weight is 353 g/mol. The molecule has 24 heavy (non-hydrogen) atoms. The first kappa shape index (κ1) is 18.3. The van der Waals surface area contributed by atoms with Crippen molar-refractivity contribution in [2.24, 2.45) is 5.92 Å². The molecule has 2 N–H and O–H groups in total. The largest absolute Gasteiger partial charge is 0.481 e. The molecule has 0 aromatic heterocycles. The van der Waals surface area contributed by atoms with E-state index in [1.807, 2.05) is 6.92 Å². The van der Waals surface area contributed by atoms with Crippen LogP contribution in [-0.4, -0.2) is 47.4 Å². The molecule has 0 radical (unpaired) electrons. The number of carbonyl (C=O) groups excluding carboxylic acids is 2. The second-order valence-electron chi connectivity index (χ2n) is 5.93. The molecule has 1 aromatic rings. The molecule has 1 aliphatic heterocycles. The minimum Gasteiger partial charge on any atom is -0.481 e. The van der Waals surface area contributed by atoms with Gasteiger partial charge < -0.3 is 15.3 Å². The number of likely N-dealkylation sites (tertiary alicyclic amines) is 1. The lowest BCUT2D eigenvalue weighted by Crippen LogP contribution is -2.39. The highest BCUT2D eigenvalue weighted by Crippen LogP contribution is 2.33. The zero-order valence-corrected chi connectivity index (χ0v) is 14.3. The molecule has 1 aliphatic rings. The number of nitrogens with one attached hydrogen (secondary N) is 1. The summed E-state index contributed by atoms with van der Waals surface area (Å²) < 4.78 is 0. The number of carbonyl (C=O) groups is 3. The van der Waals surface area contributed by atoms with Crippen LogP contribution in [0.5, 0.6) is 0 Å². The van der Waals surface area contributed by atoms with Gasteiger partial charge in [-0.15, -0.1) is 0 Å². The van der Waals surface area contributed by atoms with E-state index in [1.54, 1.807) is 24.3 Å². The van der Waals surface area contributed by atoms with Crippen molar-refractivity contribution in [3.05, 3.63) is 34.9 Å². The molecule has 0 unspecified atom stereocenters. The van der Waals surface area contributed by atoms with Gasteiger partial charge >= 0.3 is 5.97 Å². The highest BCUT2D eigenvalue weighted by atomic mass is 35.5. The number of benzene rings is 1. The Morgan fingerprint density at radius 2 is 1.92 bits per heavy atom. The van der Waals surface area contributed by atoms with Crippen molar-refractivity contribution in [1.29, 1.82) is 0 Å². The highest BCUT2D eigenvalue weighted by Gasteiger charge is 2.40. The maximum atomic E-state index is 12.3. The zero-order chi connectivity index (χ0) is 17.7. The molecule has 0 bridgehead atoms. The fraction of sp³-hybridized carbons (Fsp3) is 0.471. The molecule has 1 aromatic carbocycles. The minimum atomic E-state index is -0.930. The SMILES string of the molecule is CCCC(=O)NCC(=O)N1C[C@@H](C(=O)O)[C@H](c2ccc(Cl)cc2)C1. The summed E-state index contributed by atoms with van der Waals surface area (Å²) in [4.78, 5) is 36.8. The van der Waals surface area contributed by atoms with Crippen LogP contribution in [-0.2, 0) is 14.4 Å². The Hall–Kier alpha value is -2.08. The number of hydrogen-bond acceptors (Lipinski definition) is 3. The summed E-state index contributed by atoms with van der Waals surface area (Å²) in [6, 6.07) is 7.01. The Bertz CT molecular complexity index is 618. The zero-order valence-electron chi connectivity index (χ0n) is 13.5. The molecular weight excluding hydrogens is 332 g/mol. The lowest BCUT2D eigenvalue weighted by atomic mass is 9.89. The van der Waals surface area contributed by atoms with E-state index in [-0.39, 0.29) is 30.8 Å². The third-order valence-corrected chi connectivity index (χ3v) is 4.45. The number of halogens is 1. The Labute approximate surface area is 145 Å². The van der Waals surface area contributed by atoms with Gasteiger partial charge in [-0.2, -0.15) is 0 Å². The van der Waals surface area contributed by atoms with E-state index in [0.29, 0.717) is 24.4 Å². The Balaban J connectivity index is 2.03. The van der Waals surface area contributed by atoms with Gasteiger partial charge in [0.2, 0.25) is 11.8 Å². The summed E-state index contributed by atoms with van der Waals surface area (Å²) in [6.45, 7) is 2.25. The predicted molar refractivity (Wildman–Crippen MR) is 89.8 cm³/mol. The van der Waals surface area contributed by atoms with Crippen molar-refractivity contribution in [2.75, 3.05) is 19.6 Å². The van der Waals surface area contributed by atoms with Gasteiger partial charge in [-0.1, -0.05) is 30.7 Å². The summed E-state index contributed by atoms with van der Waals surface area (Å²) in [5.74, 6) is -2.31. The molecule has 2 amide bonds. The van der Waals surface area contributed by atoms with Crippen LogP contribution in [0.2, 0.25) is 5.02 Å². The third kappa shape index (κ3) is 4.47. The first-order valence-electron chi connectivity index (χ1n) is 7.95. The smallest absolute Gasteiger partial charge is 0.308 e. The van der Waals surface area contributed by atoms with E-state index in [9.17, 15) is 19.5 Å². The van der Waals surface area contributed by atoms with Crippen molar-refractivity contribution in [1.82, 2.24) is 10.2 Å². The van der Waals surface area contributed by atoms with Gasteiger partial charge in [0.05, 0.1) is 12.5 Å². The molecule has 0 spiro atoms. The summed E-state index contributed by atoms with van der Waals surface area (Å²) in [5.41, 5.74) is 0.845. The van der Waals surface area contributed by atoms with Crippen LogP contribution in [0, 0.1) is 5.92 Å². The van der Waals surface area contributed by atoms with Crippen molar-refractivity contribution >= 4 is 29.4 Å². The molecular formula is C17H21ClN2O4. The van der Waals surface area contributed by atoms with Crippen molar-refractivity contribution < 1.29 is 19.5 Å². The van der Waals surface area contributed by atoms with E-state index in [0.717, 1.165) is 5.56 Å². The second kappa shape index (κ2) is 8.15. The topological polar surface area (TPSA) is 86.7 Å². The summed E-state index contributed by atoms with van der Waals surface area (Å²) >= 11 is 5.87. The molecule has 130 valence electrons. The molecule has 1 fully saturated rings. The van der Waals surface area contributed by atoms with Crippen LogP contribution in [0.4, 0.5) is 0 Å². The van der Waals surface area contributed by atoms with Gasteiger partial charge in [0.25, 0.3) is 0 Å². The van der Waals surface area contributed by atoms with E-state index in [2.05, 4.69) is 5.32 Å². The van der Waals surface area contributed by atoms with Gasteiger partial charge in [-0.05, 0) is 24.1 Å². The molecule has 0 aliphatic carbocycles. The number of aliphatic carboxylic acids is 1. The summed E-state index contributed by atoms with van der Waals surface area (Å²) in [7, 11) is 0. The quantitative estimate of drug-likeness (QED) is 0.818. The van der Waals surface area contributed by atoms with Crippen LogP contribution in [0.3, 0.4) is 0 Å². The van der Waals surface area contributed by atoms with Crippen LogP contribution in [0.1, 0.15) is 31.2 Å². The fourth-order valence-electron chi connectivity index (χ4n) is 2.91. The number of carboxylic acid groups (broad SMARTS) is 1. The summed E-state index contributed by atoms with van der Waals surface area (Å²) in [5, 5.41) is 12.6. The number of hydrogen-bond donors (Lipinski definition) is 2. The molecule has 2 atom stereocenters. The Morgan fingerprint density at radius 1 is 1.25 bits per heavy atom.